The van der Waals surface area contributed by atoms with Crippen molar-refractivity contribution in [3.05, 3.63) is 0 Å². The van der Waals surface area contributed by atoms with Crippen molar-refractivity contribution >= 4 is 33.4 Å². The summed E-state index contributed by atoms with van der Waals surface area (Å²) in [6, 6.07) is 0.373. The molecule has 100 valence electrons. The second-order valence-corrected chi connectivity index (χ2v) is 8.92. The van der Waals surface area contributed by atoms with Crippen LogP contribution < -0.4 is 5.32 Å². The Morgan fingerprint density at radius 1 is 1.18 bits per heavy atom. The maximum absolute atomic E-state index is 11.6. The first-order chi connectivity index (χ1) is 8.11. The fraction of sp³-hybridized carbons (Fsp3) is 1.00. The predicted octanol–water partition coefficient (Wildman–Crippen LogP) is 0.237. The molecule has 0 amide bonds. The van der Waals surface area contributed by atoms with E-state index in [1.165, 1.54) is 11.5 Å². The average Bonchev–Trinajstić information content (AvgIpc) is 2.46. The highest BCUT2D eigenvalue weighted by atomic mass is 32.2. The van der Waals surface area contributed by atoms with Gasteiger partial charge in [0.25, 0.3) is 0 Å². The van der Waals surface area contributed by atoms with E-state index in [9.17, 15) is 8.42 Å². The number of sulfone groups is 1. The van der Waals surface area contributed by atoms with Gasteiger partial charge in [-0.15, -0.1) is 0 Å². The van der Waals surface area contributed by atoms with Crippen molar-refractivity contribution in [2.24, 2.45) is 0 Å². The lowest BCUT2D eigenvalue weighted by Crippen LogP contribution is -2.47. The molecule has 0 spiro atoms. The van der Waals surface area contributed by atoms with Gasteiger partial charge in [-0.3, -0.25) is 0 Å². The number of hydrogen-bond acceptors (Lipinski definition) is 6. The third kappa shape index (κ3) is 4.02. The van der Waals surface area contributed by atoms with E-state index in [-0.39, 0.29) is 23.7 Å². The molecular weight excluding hydrogens is 278 g/mol. The molecule has 0 aliphatic carbocycles. The van der Waals surface area contributed by atoms with Crippen LogP contribution in [0.5, 0.6) is 0 Å². The maximum Gasteiger partial charge on any atom is 0.154 e. The normalized spacial score (nSPS) is 34.6. The van der Waals surface area contributed by atoms with E-state index in [2.05, 4.69) is 5.32 Å². The Morgan fingerprint density at radius 2 is 1.82 bits per heavy atom. The minimum absolute atomic E-state index is 0.0331. The third-order valence-electron chi connectivity index (χ3n) is 3.06. The van der Waals surface area contributed by atoms with Gasteiger partial charge in [0.1, 0.15) is 0 Å². The Morgan fingerprint density at radius 3 is 2.41 bits per heavy atom. The van der Waals surface area contributed by atoms with Gasteiger partial charge in [-0.2, -0.15) is 23.5 Å². The molecule has 2 rings (SSSR count). The molecule has 0 bridgehead atoms. The fourth-order valence-corrected chi connectivity index (χ4v) is 6.50. The summed E-state index contributed by atoms with van der Waals surface area (Å²) in [5, 5.41) is 3.47. The first-order valence-corrected chi connectivity index (χ1v) is 9.88. The molecule has 0 unspecified atom stereocenters. The molecule has 17 heavy (non-hydrogen) atoms. The van der Waals surface area contributed by atoms with Gasteiger partial charge < -0.3 is 10.1 Å². The average molecular weight is 297 g/mol. The number of thioether (sulfide) groups is 2. The Bertz CT molecular complexity index is 339. The van der Waals surface area contributed by atoms with Crippen molar-refractivity contribution in [1.29, 1.82) is 0 Å². The van der Waals surface area contributed by atoms with Crippen molar-refractivity contribution in [2.45, 2.75) is 18.2 Å². The van der Waals surface area contributed by atoms with E-state index in [1.807, 2.05) is 23.5 Å². The van der Waals surface area contributed by atoms with Gasteiger partial charge in [0.05, 0.1) is 17.6 Å². The van der Waals surface area contributed by atoms with Crippen LogP contribution in [-0.2, 0) is 14.6 Å². The van der Waals surface area contributed by atoms with Crippen LogP contribution in [0.1, 0.15) is 0 Å². The fourth-order valence-electron chi connectivity index (χ4n) is 2.22. The number of rotatable bonds is 3. The SMILES string of the molecule is CO[C@@H]1CS(=O)(=O)C[C@H]1NC1CSCCSC1. The van der Waals surface area contributed by atoms with E-state index in [0.717, 1.165) is 11.5 Å². The monoisotopic (exact) mass is 297 g/mol. The van der Waals surface area contributed by atoms with Crippen LogP contribution in [-0.4, -0.2) is 68.2 Å². The largest absolute Gasteiger partial charge is 0.379 e. The molecular formula is C10H19NO3S3. The number of hydrogen-bond donors (Lipinski definition) is 1. The second kappa shape index (κ2) is 6.14. The summed E-state index contributed by atoms with van der Waals surface area (Å²) in [6.07, 6.45) is -0.182. The minimum Gasteiger partial charge on any atom is -0.379 e. The number of nitrogens with one attached hydrogen (secondary N) is 1. The lowest BCUT2D eigenvalue weighted by Gasteiger charge is -2.24. The highest BCUT2D eigenvalue weighted by molar-refractivity contribution is 8.03. The maximum atomic E-state index is 11.6. The van der Waals surface area contributed by atoms with Gasteiger partial charge in [0.2, 0.25) is 0 Å². The van der Waals surface area contributed by atoms with E-state index in [4.69, 9.17) is 4.74 Å². The molecule has 0 aromatic heterocycles. The Labute approximate surface area is 112 Å². The van der Waals surface area contributed by atoms with E-state index >= 15 is 0 Å². The Kier molecular flexibility index (Phi) is 5.06. The van der Waals surface area contributed by atoms with Crippen LogP contribution in [0.25, 0.3) is 0 Å². The summed E-state index contributed by atoms with van der Waals surface area (Å²) in [7, 11) is -1.32. The van der Waals surface area contributed by atoms with E-state index < -0.39 is 9.84 Å². The standard InChI is InChI=1S/C10H19NO3S3/c1-14-10-7-17(12,13)6-9(10)11-8-4-15-2-3-16-5-8/h8-11H,2-7H2,1H3/t9-,10-/m1/s1. The van der Waals surface area contributed by atoms with Gasteiger partial charge in [-0.05, 0) is 0 Å². The van der Waals surface area contributed by atoms with Crippen molar-refractivity contribution in [1.82, 2.24) is 5.32 Å². The molecule has 2 heterocycles. The van der Waals surface area contributed by atoms with Crippen molar-refractivity contribution in [3.63, 3.8) is 0 Å². The van der Waals surface area contributed by atoms with Crippen LogP contribution in [0.15, 0.2) is 0 Å². The summed E-state index contributed by atoms with van der Waals surface area (Å²) in [5.41, 5.74) is 0. The molecule has 0 radical (unpaired) electrons. The Hall–Kier alpha value is 0.570. The zero-order chi connectivity index (χ0) is 12.3. The summed E-state index contributed by atoms with van der Waals surface area (Å²) >= 11 is 3.88. The molecule has 0 aromatic carbocycles. The van der Waals surface area contributed by atoms with Crippen LogP contribution in [0, 0.1) is 0 Å². The predicted molar refractivity (Wildman–Crippen MR) is 74.8 cm³/mol. The smallest absolute Gasteiger partial charge is 0.154 e. The van der Waals surface area contributed by atoms with Crippen molar-refractivity contribution < 1.29 is 13.2 Å². The van der Waals surface area contributed by atoms with E-state index in [0.29, 0.717) is 6.04 Å². The summed E-state index contributed by atoms with van der Waals surface area (Å²) < 4.78 is 28.5. The molecule has 2 fully saturated rings. The second-order valence-electron chi connectivity index (χ2n) is 4.47. The zero-order valence-corrected chi connectivity index (χ0v) is 12.4. The first-order valence-electron chi connectivity index (χ1n) is 5.75. The lowest BCUT2D eigenvalue weighted by molar-refractivity contribution is 0.0967. The van der Waals surface area contributed by atoms with E-state index in [1.54, 1.807) is 7.11 Å². The third-order valence-corrected chi connectivity index (χ3v) is 7.29. The van der Waals surface area contributed by atoms with Crippen LogP contribution in [0.2, 0.25) is 0 Å². The number of ether oxygens (including phenoxy) is 1. The highest BCUT2D eigenvalue weighted by Gasteiger charge is 2.38. The summed E-state index contributed by atoms with van der Waals surface area (Å²) in [5.74, 6) is 4.91. The lowest BCUT2D eigenvalue weighted by atomic mass is 10.2. The molecule has 7 heteroatoms. The van der Waals surface area contributed by atoms with Crippen LogP contribution >= 0.6 is 23.5 Å². The van der Waals surface area contributed by atoms with Gasteiger partial charge in [0.15, 0.2) is 9.84 Å². The summed E-state index contributed by atoms with van der Waals surface area (Å²) in [4.78, 5) is 0. The van der Waals surface area contributed by atoms with Crippen molar-refractivity contribution in [3.8, 4) is 0 Å². The quantitative estimate of drug-likeness (QED) is 0.805. The Balaban J connectivity index is 1.92. The molecule has 1 N–H and O–H groups in total. The van der Waals surface area contributed by atoms with Gasteiger partial charge in [-0.25, -0.2) is 8.42 Å². The molecule has 0 aromatic rings. The molecule has 2 atom stereocenters. The molecule has 4 nitrogen and oxygen atoms in total. The first kappa shape index (κ1) is 14.0. The molecule has 2 saturated heterocycles. The number of methoxy groups -OCH3 is 1. The van der Waals surface area contributed by atoms with Gasteiger partial charge in [-0.1, -0.05) is 0 Å². The minimum atomic E-state index is -2.92. The van der Waals surface area contributed by atoms with Crippen LogP contribution in [0.3, 0.4) is 0 Å². The molecule has 2 aliphatic rings. The highest BCUT2D eigenvalue weighted by Crippen LogP contribution is 2.20. The van der Waals surface area contributed by atoms with Crippen molar-refractivity contribution in [2.75, 3.05) is 41.6 Å². The van der Waals surface area contributed by atoms with Crippen LogP contribution in [0.4, 0.5) is 0 Å². The van der Waals surface area contributed by atoms with Gasteiger partial charge in [0, 0.05) is 42.2 Å². The zero-order valence-electron chi connectivity index (χ0n) is 9.92. The summed E-state index contributed by atoms with van der Waals surface area (Å²) in [6.45, 7) is 0. The molecule has 2 aliphatic heterocycles. The molecule has 0 saturated carbocycles. The topological polar surface area (TPSA) is 55.4 Å². The van der Waals surface area contributed by atoms with Gasteiger partial charge >= 0.3 is 0 Å².